The maximum absolute atomic E-state index is 15.9. The highest BCUT2D eigenvalue weighted by molar-refractivity contribution is 5.90. The predicted molar refractivity (Wildman–Crippen MR) is 137 cm³/mol. The van der Waals surface area contributed by atoms with Gasteiger partial charge in [0.25, 0.3) is 0 Å². The molecule has 1 unspecified atom stereocenters. The van der Waals surface area contributed by atoms with Gasteiger partial charge in [-0.05, 0) is 72.6 Å². The van der Waals surface area contributed by atoms with Crippen LogP contribution in [0.3, 0.4) is 0 Å². The fourth-order valence-electron chi connectivity index (χ4n) is 4.43. The summed E-state index contributed by atoms with van der Waals surface area (Å²) in [5.74, 6) is 0.623. The summed E-state index contributed by atoms with van der Waals surface area (Å²) < 4.78 is 21.4. The van der Waals surface area contributed by atoms with E-state index < -0.39 is 17.4 Å². The number of ether oxygens (including phenoxy) is 1. The van der Waals surface area contributed by atoms with Crippen molar-refractivity contribution in [1.82, 2.24) is 19.9 Å². The van der Waals surface area contributed by atoms with E-state index in [-0.39, 0.29) is 24.5 Å². The first kappa shape index (κ1) is 25.1. The van der Waals surface area contributed by atoms with Gasteiger partial charge in [0, 0.05) is 29.9 Å². The summed E-state index contributed by atoms with van der Waals surface area (Å²) in [4.78, 5) is 23.4. The Morgan fingerprint density at radius 2 is 2.06 bits per heavy atom. The number of halogens is 1. The Hall–Kier alpha value is -2.97. The van der Waals surface area contributed by atoms with Gasteiger partial charge in [-0.3, -0.25) is 9.99 Å². The van der Waals surface area contributed by atoms with Crippen LogP contribution in [0.1, 0.15) is 66.0 Å². The number of anilines is 1. The molecule has 1 amide bonds. The van der Waals surface area contributed by atoms with Crippen molar-refractivity contribution in [1.29, 1.82) is 0 Å². The number of carbonyl (C=O) groups excluding carboxylic acids is 1. The largest absolute Gasteiger partial charge is 0.444 e. The number of carbonyl (C=O) groups is 1. The molecule has 1 N–H and O–H groups in total. The quantitative estimate of drug-likeness (QED) is 0.660. The first-order chi connectivity index (χ1) is 16.3. The van der Waals surface area contributed by atoms with E-state index in [1.165, 1.54) is 4.90 Å². The van der Waals surface area contributed by atoms with Crippen LogP contribution in [-0.2, 0) is 4.74 Å². The highest BCUT2D eigenvalue weighted by Crippen LogP contribution is 2.31. The molecule has 2 aromatic heterocycles. The lowest BCUT2D eigenvalue weighted by molar-refractivity contribution is -0.00210. The number of piperidine rings is 1. The van der Waals surface area contributed by atoms with Gasteiger partial charge in [-0.1, -0.05) is 0 Å². The van der Waals surface area contributed by atoms with Gasteiger partial charge < -0.3 is 15.0 Å². The van der Waals surface area contributed by atoms with Crippen LogP contribution in [0.5, 0.6) is 0 Å². The van der Waals surface area contributed by atoms with Crippen molar-refractivity contribution in [3.05, 3.63) is 30.1 Å². The molecule has 0 bridgehead atoms. The van der Waals surface area contributed by atoms with Crippen molar-refractivity contribution < 1.29 is 13.9 Å². The Labute approximate surface area is 206 Å². The molecule has 4 heterocycles. The number of pyridine rings is 2. The number of likely N-dealkylation sites (tertiary alicyclic amines) is 1. The summed E-state index contributed by atoms with van der Waals surface area (Å²) in [7, 11) is 0. The van der Waals surface area contributed by atoms with Gasteiger partial charge in [0.2, 0.25) is 0 Å². The zero-order valence-corrected chi connectivity index (χ0v) is 21.6. The van der Waals surface area contributed by atoms with Crippen LogP contribution in [0.4, 0.5) is 15.0 Å². The molecule has 1 saturated heterocycles. The number of rotatable bonds is 4. The minimum Gasteiger partial charge on any atom is -0.444 e. The number of aromatic nitrogens is 2. The molecule has 190 valence electrons. The van der Waals surface area contributed by atoms with Crippen LogP contribution in [0, 0.1) is 0 Å². The van der Waals surface area contributed by atoms with Gasteiger partial charge >= 0.3 is 6.09 Å². The van der Waals surface area contributed by atoms with Crippen LogP contribution in [0.25, 0.3) is 10.9 Å². The van der Waals surface area contributed by atoms with Gasteiger partial charge in [0.15, 0.2) is 0 Å². The minimum absolute atomic E-state index is 0.0133. The maximum Gasteiger partial charge on any atom is 0.410 e. The Balaban J connectivity index is 1.52. The normalized spacial score (nSPS) is 23.1. The molecule has 0 saturated carbocycles. The number of alkyl halides is 1. The SMILES string of the molecule is CC(C)(C)OC(=O)N1CCC[C@@](F)(CNc2nc(C3C=NN(C(C)(C)C)C3)cc3ncccc23)C1. The highest BCUT2D eigenvalue weighted by atomic mass is 19.1. The summed E-state index contributed by atoms with van der Waals surface area (Å²) in [5.41, 5.74) is -0.633. The molecule has 2 aliphatic rings. The number of hydrogen-bond donors (Lipinski definition) is 1. The second-order valence-electron chi connectivity index (χ2n) is 11.6. The fraction of sp³-hybridized carbons (Fsp3) is 0.615. The molecule has 4 rings (SSSR count). The topological polar surface area (TPSA) is 82.9 Å². The Morgan fingerprint density at radius 3 is 2.74 bits per heavy atom. The average Bonchev–Trinajstić information content (AvgIpc) is 3.27. The molecule has 0 aliphatic carbocycles. The van der Waals surface area contributed by atoms with E-state index in [0.29, 0.717) is 25.2 Å². The zero-order valence-electron chi connectivity index (χ0n) is 21.6. The molecule has 2 aliphatic heterocycles. The Bertz CT molecular complexity index is 1110. The van der Waals surface area contributed by atoms with Crippen molar-refractivity contribution in [3.63, 3.8) is 0 Å². The number of hydrazone groups is 1. The maximum atomic E-state index is 15.9. The molecule has 2 aromatic rings. The number of fused-ring (bicyclic) bond motifs is 1. The molecule has 1 fully saturated rings. The molecule has 0 radical (unpaired) electrons. The van der Waals surface area contributed by atoms with Gasteiger partial charge in [-0.15, -0.1) is 0 Å². The molecule has 0 aromatic carbocycles. The minimum atomic E-state index is -1.58. The van der Waals surface area contributed by atoms with E-state index in [0.717, 1.165) is 23.1 Å². The Morgan fingerprint density at radius 1 is 1.29 bits per heavy atom. The predicted octanol–water partition coefficient (Wildman–Crippen LogP) is 4.96. The molecule has 9 heteroatoms. The molecule has 0 spiro atoms. The smallest absolute Gasteiger partial charge is 0.410 e. The van der Waals surface area contributed by atoms with Crippen LogP contribution in [-0.4, -0.2) is 75.2 Å². The number of hydrogen-bond acceptors (Lipinski definition) is 7. The second kappa shape index (κ2) is 9.24. The molecular formula is C26H37FN6O2. The first-order valence-electron chi connectivity index (χ1n) is 12.3. The van der Waals surface area contributed by atoms with Gasteiger partial charge in [0.05, 0.1) is 36.8 Å². The summed E-state index contributed by atoms with van der Waals surface area (Å²) >= 11 is 0. The third-order valence-electron chi connectivity index (χ3n) is 6.28. The van der Waals surface area contributed by atoms with Crippen molar-refractivity contribution in [3.8, 4) is 0 Å². The molecular weight excluding hydrogens is 447 g/mol. The lowest BCUT2D eigenvalue weighted by atomic mass is 9.94. The number of amides is 1. The van der Waals surface area contributed by atoms with E-state index >= 15 is 4.39 Å². The summed E-state index contributed by atoms with van der Waals surface area (Å²) in [6, 6.07) is 5.77. The number of nitrogens with zero attached hydrogens (tertiary/aromatic N) is 5. The van der Waals surface area contributed by atoms with Crippen LogP contribution >= 0.6 is 0 Å². The second-order valence-corrected chi connectivity index (χ2v) is 11.6. The van der Waals surface area contributed by atoms with Crippen molar-refractivity contribution in [2.45, 2.75) is 77.1 Å². The van der Waals surface area contributed by atoms with Crippen LogP contribution in [0.2, 0.25) is 0 Å². The molecule has 35 heavy (non-hydrogen) atoms. The van der Waals surface area contributed by atoms with E-state index in [1.54, 1.807) is 6.20 Å². The van der Waals surface area contributed by atoms with Crippen LogP contribution in [0.15, 0.2) is 29.5 Å². The lowest BCUT2D eigenvalue weighted by Gasteiger charge is -2.38. The van der Waals surface area contributed by atoms with Crippen LogP contribution < -0.4 is 5.32 Å². The highest BCUT2D eigenvalue weighted by Gasteiger charge is 2.39. The van der Waals surface area contributed by atoms with Crippen molar-refractivity contribution in [2.75, 3.05) is 31.5 Å². The van der Waals surface area contributed by atoms with Gasteiger partial charge in [-0.25, -0.2) is 14.2 Å². The van der Waals surface area contributed by atoms with E-state index in [9.17, 15) is 4.79 Å². The lowest BCUT2D eigenvalue weighted by Crippen LogP contribution is -2.52. The summed E-state index contributed by atoms with van der Waals surface area (Å²) in [6.45, 7) is 13.1. The third kappa shape index (κ3) is 6.00. The monoisotopic (exact) mass is 484 g/mol. The number of nitrogens with one attached hydrogen (secondary N) is 1. The standard InChI is InChI=1S/C26H37FN6O2/c1-24(2,3)33-15-18(14-30-33)20-13-21-19(9-7-11-28-21)22(31-20)29-16-26(27)10-8-12-32(17-26)23(34)35-25(4,5)6/h7,9,11,13-14,18H,8,10,12,15-17H2,1-6H3,(H,29,31)/t18?,26-/m1/s1. The first-order valence-corrected chi connectivity index (χ1v) is 12.3. The van der Waals surface area contributed by atoms with Crippen molar-refractivity contribution >= 4 is 29.0 Å². The van der Waals surface area contributed by atoms with E-state index in [1.807, 2.05) is 45.2 Å². The van der Waals surface area contributed by atoms with Crippen molar-refractivity contribution in [2.24, 2.45) is 5.10 Å². The van der Waals surface area contributed by atoms with Gasteiger partial charge in [-0.2, -0.15) is 5.10 Å². The Kier molecular flexibility index (Phi) is 6.64. The summed E-state index contributed by atoms with van der Waals surface area (Å²) in [5, 5.41) is 10.7. The van der Waals surface area contributed by atoms with Gasteiger partial charge in [0.1, 0.15) is 17.1 Å². The zero-order chi connectivity index (χ0) is 25.4. The fourth-order valence-corrected chi connectivity index (χ4v) is 4.43. The van der Waals surface area contributed by atoms with E-state index in [2.05, 4.69) is 41.2 Å². The average molecular weight is 485 g/mol. The molecule has 8 nitrogen and oxygen atoms in total. The molecule has 2 atom stereocenters. The summed E-state index contributed by atoms with van der Waals surface area (Å²) in [6.07, 6.45) is 4.14. The van der Waals surface area contributed by atoms with E-state index in [4.69, 9.17) is 9.72 Å². The third-order valence-corrected chi connectivity index (χ3v) is 6.28.